The van der Waals surface area contributed by atoms with Crippen LogP contribution in [-0.4, -0.2) is 24.1 Å². The fourth-order valence-corrected chi connectivity index (χ4v) is 1.20. The Morgan fingerprint density at radius 3 is 2.41 bits per heavy atom. The number of Topliss-reactive ketones (excluding diaryl/α,β-unsaturated/α-hetero) is 1. The van der Waals surface area contributed by atoms with E-state index in [0.29, 0.717) is 17.7 Å². The minimum Gasteiger partial charge on any atom is -0.454 e. The number of ketones is 1. The first-order valence-corrected chi connectivity index (χ1v) is 5.37. The van der Waals surface area contributed by atoms with E-state index < -0.39 is 5.97 Å². The maximum Gasteiger partial charge on any atom is 0.338 e. The van der Waals surface area contributed by atoms with Crippen LogP contribution in [0.2, 0.25) is 0 Å². The highest BCUT2D eigenvalue weighted by Gasteiger charge is 2.09. The van der Waals surface area contributed by atoms with Crippen LogP contribution < -0.4 is 0 Å². The third-order valence-electron chi connectivity index (χ3n) is 2.15. The molecule has 0 aliphatic rings. The van der Waals surface area contributed by atoms with Crippen molar-refractivity contribution in [3.8, 4) is 0 Å². The number of carbonyl (C=O) groups is 2. The summed E-state index contributed by atoms with van der Waals surface area (Å²) in [5, 5.41) is 7.18. The van der Waals surface area contributed by atoms with E-state index in [1.54, 1.807) is 37.3 Å². The van der Waals surface area contributed by atoms with Crippen LogP contribution in [0.15, 0.2) is 30.3 Å². The Labute approximate surface area is 100 Å². The zero-order chi connectivity index (χ0) is 12.7. The average molecular weight is 233 g/mol. The van der Waals surface area contributed by atoms with Gasteiger partial charge in [0, 0.05) is 12.1 Å². The summed E-state index contributed by atoms with van der Waals surface area (Å²) in [6.45, 7) is 1.42. The smallest absolute Gasteiger partial charge is 0.338 e. The first kappa shape index (κ1) is 13.1. The summed E-state index contributed by atoms with van der Waals surface area (Å²) < 4.78 is 4.86. The fourth-order valence-electron chi connectivity index (χ4n) is 1.20. The van der Waals surface area contributed by atoms with Gasteiger partial charge in [-0.2, -0.15) is 0 Å². The number of rotatable bonds is 6. The van der Waals surface area contributed by atoms with E-state index in [1.807, 2.05) is 0 Å². The maximum atomic E-state index is 11.5. The van der Waals surface area contributed by atoms with Gasteiger partial charge in [0.2, 0.25) is 0 Å². The van der Waals surface area contributed by atoms with Gasteiger partial charge in [-0.15, -0.1) is 0 Å². The van der Waals surface area contributed by atoms with Crippen LogP contribution in [-0.2, 0) is 9.53 Å². The number of hydrogen-bond acceptors (Lipinski definition) is 4. The molecule has 1 rings (SSSR count). The summed E-state index contributed by atoms with van der Waals surface area (Å²) in [5.74, 6) is -0.661. The van der Waals surface area contributed by atoms with Crippen molar-refractivity contribution in [1.82, 2.24) is 0 Å². The Kier molecular flexibility index (Phi) is 5.07. The molecule has 0 unspecified atom stereocenters. The summed E-state index contributed by atoms with van der Waals surface area (Å²) >= 11 is 0. The molecular weight excluding hydrogens is 218 g/mol. The molecule has 0 radical (unpaired) electrons. The second-order valence-corrected chi connectivity index (χ2v) is 3.76. The number of ether oxygens (including phenoxy) is 1. The zero-order valence-corrected chi connectivity index (χ0v) is 9.73. The quantitative estimate of drug-likeness (QED) is 0.605. The highest BCUT2D eigenvalue weighted by atomic mass is 16.5. The van der Waals surface area contributed by atoms with Crippen molar-refractivity contribution in [2.24, 2.45) is 0 Å². The van der Waals surface area contributed by atoms with Gasteiger partial charge in [-0.25, -0.2) is 4.79 Å². The minimum absolute atomic E-state index is 0.166. The predicted octanol–water partition coefficient (Wildman–Crippen LogP) is 2.23. The van der Waals surface area contributed by atoms with Gasteiger partial charge in [-0.3, -0.25) is 4.79 Å². The molecule has 17 heavy (non-hydrogen) atoms. The lowest BCUT2D eigenvalue weighted by molar-refractivity contribution is -0.122. The normalized spacial score (nSPS) is 9.71. The van der Waals surface area contributed by atoms with Gasteiger partial charge in [0.1, 0.15) is 6.61 Å². The second-order valence-electron chi connectivity index (χ2n) is 3.76. The van der Waals surface area contributed by atoms with Crippen molar-refractivity contribution in [2.45, 2.75) is 19.8 Å². The molecule has 0 saturated carbocycles. The van der Waals surface area contributed by atoms with Gasteiger partial charge in [0.05, 0.1) is 5.56 Å². The van der Waals surface area contributed by atoms with E-state index >= 15 is 0 Å². The van der Waals surface area contributed by atoms with Gasteiger partial charge < -0.3 is 10.1 Å². The van der Waals surface area contributed by atoms with Crippen molar-refractivity contribution < 1.29 is 14.3 Å². The monoisotopic (exact) mass is 233 g/mol. The number of esters is 1. The van der Waals surface area contributed by atoms with Crippen LogP contribution in [0.5, 0.6) is 0 Å². The first-order valence-electron chi connectivity index (χ1n) is 5.37. The Morgan fingerprint density at radius 1 is 1.18 bits per heavy atom. The molecule has 0 amide bonds. The van der Waals surface area contributed by atoms with Crippen LogP contribution in [0.1, 0.15) is 30.1 Å². The topological polar surface area (TPSA) is 67.2 Å². The van der Waals surface area contributed by atoms with Gasteiger partial charge in [0.25, 0.3) is 0 Å². The molecule has 1 aromatic carbocycles. The van der Waals surface area contributed by atoms with Gasteiger partial charge in [-0.1, -0.05) is 18.2 Å². The molecule has 0 atom stereocenters. The van der Waals surface area contributed by atoms with E-state index in [1.165, 1.54) is 0 Å². The standard InChI is InChI=1S/C13H15NO3/c1-10(14)7-8-12(15)9-17-13(16)11-5-3-2-4-6-11/h2-6,14H,7-9H2,1H3. The molecule has 4 heteroatoms. The largest absolute Gasteiger partial charge is 0.454 e. The molecule has 1 N–H and O–H groups in total. The molecule has 0 fully saturated rings. The highest BCUT2D eigenvalue weighted by molar-refractivity contribution is 5.92. The summed E-state index contributed by atoms with van der Waals surface area (Å²) in [7, 11) is 0. The molecule has 4 nitrogen and oxygen atoms in total. The molecule has 0 aromatic heterocycles. The summed E-state index contributed by atoms with van der Waals surface area (Å²) in [4.78, 5) is 22.8. The third-order valence-corrected chi connectivity index (χ3v) is 2.15. The number of benzene rings is 1. The summed E-state index contributed by atoms with van der Waals surface area (Å²) in [5.41, 5.74) is 0.885. The van der Waals surface area contributed by atoms with Crippen LogP contribution in [0.3, 0.4) is 0 Å². The van der Waals surface area contributed by atoms with Crippen molar-refractivity contribution in [3.05, 3.63) is 35.9 Å². The number of hydrogen-bond donors (Lipinski definition) is 1. The maximum absolute atomic E-state index is 11.5. The molecule has 0 bridgehead atoms. The Balaban J connectivity index is 2.34. The third kappa shape index (κ3) is 5.06. The Hall–Kier alpha value is -1.97. The predicted molar refractivity (Wildman–Crippen MR) is 64.4 cm³/mol. The minimum atomic E-state index is -0.495. The molecule has 0 aliphatic heterocycles. The molecule has 1 aromatic rings. The van der Waals surface area contributed by atoms with E-state index in [0.717, 1.165) is 0 Å². The summed E-state index contributed by atoms with van der Waals surface area (Å²) in [6, 6.07) is 8.53. The lowest BCUT2D eigenvalue weighted by Crippen LogP contribution is -2.14. The number of carbonyl (C=O) groups excluding carboxylic acids is 2. The van der Waals surface area contributed by atoms with Gasteiger partial charge in [-0.05, 0) is 25.5 Å². The van der Waals surface area contributed by atoms with Crippen molar-refractivity contribution in [1.29, 1.82) is 5.41 Å². The van der Waals surface area contributed by atoms with E-state index in [-0.39, 0.29) is 18.8 Å². The summed E-state index contributed by atoms with van der Waals surface area (Å²) in [6.07, 6.45) is 0.666. The Morgan fingerprint density at radius 2 is 1.82 bits per heavy atom. The SMILES string of the molecule is CC(=N)CCC(=O)COC(=O)c1ccccc1. The molecular formula is C13H15NO3. The number of nitrogens with one attached hydrogen (secondary N) is 1. The fraction of sp³-hybridized carbons (Fsp3) is 0.308. The van der Waals surface area contributed by atoms with E-state index in [9.17, 15) is 9.59 Å². The lowest BCUT2D eigenvalue weighted by Gasteiger charge is -2.03. The molecule has 0 aliphatic carbocycles. The average Bonchev–Trinajstić information content (AvgIpc) is 2.34. The van der Waals surface area contributed by atoms with Crippen LogP contribution in [0.25, 0.3) is 0 Å². The lowest BCUT2D eigenvalue weighted by atomic mass is 10.2. The van der Waals surface area contributed by atoms with Crippen LogP contribution in [0.4, 0.5) is 0 Å². The van der Waals surface area contributed by atoms with Crippen molar-refractivity contribution in [3.63, 3.8) is 0 Å². The Bertz CT molecular complexity index is 412. The van der Waals surface area contributed by atoms with E-state index in [2.05, 4.69) is 0 Å². The van der Waals surface area contributed by atoms with Gasteiger partial charge in [0.15, 0.2) is 5.78 Å². The second kappa shape index (κ2) is 6.58. The zero-order valence-electron chi connectivity index (χ0n) is 9.73. The van der Waals surface area contributed by atoms with Gasteiger partial charge >= 0.3 is 5.97 Å². The molecule has 0 spiro atoms. The van der Waals surface area contributed by atoms with E-state index in [4.69, 9.17) is 10.1 Å². The molecule has 90 valence electrons. The highest BCUT2D eigenvalue weighted by Crippen LogP contribution is 2.02. The van der Waals surface area contributed by atoms with Crippen LogP contribution in [0, 0.1) is 5.41 Å². The molecule has 0 heterocycles. The van der Waals surface area contributed by atoms with Crippen molar-refractivity contribution >= 4 is 17.5 Å². The van der Waals surface area contributed by atoms with Crippen LogP contribution >= 0.6 is 0 Å². The first-order chi connectivity index (χ1) is 8.09. The molecule has 0 saturated heterocycles. The van der Waals surface area contributed by atoms with Crippen molar-refractivity contribution in [2.75, 3.05) is 6.61 Å².